The van der Waals surface area contributed by atoms with Gasteiger partial charge in [0, 0.05) is 6.08 Å². The predicted molar refractivity (Wildman–Crippen MR) is 58.8 cm³/mol. The van der Waals surface area contributed by atoms with E-state index in [1.807, 2.05) is 30.3 Å². The minimum Gasteiger partial charge on any atom is -0.497 e. The van der Waals surface area contributed by atoms with Crippen LogP contribution in [-0.4, -0.2) is 18.2 Å². The highest BCUT2D eigenvalue weighted by atomic mass is 16.5. The Morgan fingerprint density at radius 3 is 2.47 bits per heavy atom. The summed E-state index contributed by atoms with van der Waals surface area (Å²) in [6.45, 7) is 0. The summed E-state index contributed by atoms with van der Waals surface area (Å²) in [6.07, 6.45) is 6.06. The molecule has 0 aromatic heterocycles. The van der Waals surface area contributed by atoms with Gasteiger partial charge in [-0.1, -0.05) is 30.4 Å². The van der Waals surface area contributed by atoms with Gasteiger partial charge >= 0.3 is 5.97 Å². The van der Waals surface area contributed by atoms with E-state index in [1.165, 1.54) is 6.08 Å². The number of carbonyl (C=O) groups is 1. The number of rotatable bonds is 4. The lowest BCUT2D eigenvalue weighted by Crippen LogP contribution is -1.84. The van der Waals surface area contributed by atoms with Crippen LogP contribution in [0.3, 0.4) is 0 Å². The molecule has 3 nitrogen and oxygen atoms in total. The van der Waals surface area contributed by atoms with Crippen LogP contribution in [0.2, 0.25) is 0 Å². The number of allylic oxidation sites excluding steroid dienone is 2. The zero-order chi connectivity index (χ0) is 11.1. The average molecular weight is 204 g/mol. The monoisotopic (exact) mass is 204 g/mol. The van der Waals surface area contributed by atoms with Gasteiger partial charge in [0.2, 0.25) is 0 Å². The fraction of sp³-hybridized carbons (Fsp3) is 0.0833. The Bertz CT molecular complexity index is 374. The van der Waals surface area contributed by atoms with Crippen molar-refractivity contribution in [2.45, 2.75) is 0 Å². The highest BCUT2D eigenvalue weighted by Gasteiger charge is 1.88. The van der Waals surface area contributed by atoms with Gasteiger partial charge in [-0.3, -0.25) is 0 Å². The van der Waals surface area contributed by atoms with Gasteiger partial charge in [0.1, 0.15) is 5.75 Å². The molecule has 0 atom stereocenters. The molecule has 3 heteroatoms. The highest BCUT2D eigenvalue weighted by Crippen LogP contribution is 2.12. The van der Waals surface area contributed by atoms with Crippen molar-refractivity contribution in [2.24, 2.45) is 0 Å². The van der Waals surface area contributed by atoms with Crippen LogP contribution in [0.1, 0.15) is 5.56 Å². The van der Waals surface area contributed by atoms with Gasteiger partial charge in [0.05, 0.1) is 7.11 Å². The van der Waals surface area contributed by atoms with Crippen molar-refractivity contribution < 1.29 is 14.6 Å². The lowest BCUT2D eigenvalue weighted by Gasteiger charge is -1.98. The first-order chi connectivity index (χ1) is 7.22. The van der Waals surface area contributed by atoms with Gasteiger partial charge in [-0.15, -0.1) is 0 Å². The molecule has 0 bridgehead atoms. The van der Waals surface area contributed by atoms with E-state index in [2.05, 4.69) is 0 Å². The third kappa shape index (κ3) is 4.13. The summed E-state index contributed by atoms with van der Waals surface area (Å²) in [7, 11) is 1.61. The topological polar surface area (TPSA) is 46.5 Å². The number of hydrogen-bond donors (Lipinski definition) is 1. The number of carboxylic acid groups (broad SMARTS) is 1. The number of benzene rings is 1. The van der Waals surface area contributed by atoms with Crippen molar-refractivity contribution in [3.05, 3.63) is 48.1 Å². The summed E-state index contributed by atoms with van der Waals surface area (Å²) < 4.78 is 5.01. The first-order valence-corrected chi connectivity index (χ1v) is 4.44. The van der Waals surface area contributed by atoms with Crippen molar-refractivity contribution in [3.63, 3.8) is 0 Å². The first kappa shape index (κ1) is 11.0. The Balaban J connectivity index is 2.61. The van der Waals surface area contributed by atoms with E-state index in [-0.39, 0.29) is 0 Å². The molecule has 78 valence electrons. The molecule has 0 aliphatic carbocycles. The lowest BCUT2D eigenvalue weighted by atomic mass is 10.2. The molecule has 0 unspecified atom stereocenters. The Hall–Kier alpha value is -2.03. The second-order valence-electron chi connectivity index (χ2n) is 2.83. The van der Waals surface area contributed by atoms with Crippen LogP contribution in [0.4, 0.5) is 0 Å². The van der Waals surface area contributed by atoms with E-state index >= 15 is 0 Å². The molecule has 0 spiro atoms. The fourth-order valence-corrected chi connectivity index (χ4v) is 1.02. The number of methoxy groups -OCH3 is 1. The van der Waals surface area contributed by atoms with Crippen molar-refractivity contribution >= 4 is 12.0 Å². The Morgan fingerprint density at radius 1 is 1.27 bits per heavy atom. The second-order valence-corrected chi connectivity index (χ2v) is 2.83. The van der Waals surface area contributed by atoms with Crippen LogP contribution in [0, 0.1) is 0 Å². The van der Waals surface area contributed by atoms with E-state index in [1.54, 1.807) is 13.2 Å². The average Bonchev–Trinajstić information content (AvgIpc) is 2.25. The summed E-state index contributed by atoms with van der Waals surface area (Å²) in [5, 5.41) is 8.34. The molecule has 15 heavy (non-hydrogen) atoms. The Morgan fingerprint density at radius 2 is 1.93 bits per heavy atom. The zero-order valence-corrected chi connectivity index (χ0v) is 8.38. The normalized spacial score (nSPS) is 11.0. The van der Waals surface area contributed by atoms with Gasteiger partial charge in [0.15, 0.2) is 0 Å². The number of ether oxygens (including phenoxy) is 1. The van der Waals surface area contributed by atoms with Crippen LogP contribution >= 0.6 is 0 Å². The molecule has 1 rings (SSSR count). The minimum atomic E-state index is -0.950. The van der Waals surface area contributed by atoms with E-state index in [9.17, 15) is 4.79 Å². The smallest absolute Gasteiger partial charge is 0.328 e. The zero-order valence-electron chi connectivity index (χ0n) is 8.38. The van der Waals surface area contributed by atoms with Crippen LogP contribution in [-0.2, 0) is 4.79 Å². The van der Waals surface area contributed by atoms with Gasteiger partial charge < -0.3 is 9.84 Å². The molecule has 0 fully saturated rings. The molecule has 0 aliphatic rings. The van der Waals surface area contributed by atoms with E-state index in [0.717, 1.165) is 17.4 Å². The van der Waals surface area contributed by atoms with Gasteiger partial charge in [-0.05, 0) is 17.7 Å². The summed E-state index contributed by atoms with van der Waals surface area (Å²) >= 11 is 0. The summed E-state index contributed by atoms with van der Waals surface area (Å²) in [6, 6.07) is 7.48. The Kier molecular flexibility index (Phi) is 4.16. The summed E-state index contributed by atoms with van der Waals surface area (Å²) in [5.74, 6) is -0.150. The summed E-state index contributed by atoms with van der Waals surface area (Å²) in [4.78, 5) is 10.2. The van der Waals surface area contributed by atoms with Crippen molar-refractivity contribution in [1.82, 2.24) is 0 Å². The largest absolute Gasteiger partial charge is 0.497 e. The number of hydrogen-bond acceptors (Lipinski definition) is 2. The van der Waals surface area contributed by atoms with E-state index in [4.69, 9.17) is 9.84 Å². The first-order valence-electron chi connectivity index (χ1n) is 4.44. The third-order valence-electron chi connectivity index (χ3n) is 1.75. The molecule has 0 amide bonds. The standard InChI is InChI=1S/C12H12O3/c1-15-11-8-6-10(7-9-11)4-2-3-5-12(13)14/h2-9H,1H3,(H,13,14)/b4-2+,5-3-. The minimum absolute atomic E-state index is 0.799. The second kappa shape index (κ2) is 5.65. The van der Waals surface area contributed by atoms with Crippen LogP contribution in [0.15, 0.2) is 42.5 Å². The maximum Gasteiger partial charge on any atom is 0.328 e. The van der Waals surface area contributed by atoms with Gasteiger partial charge in [-0.2, -0.15) is 0 Å². The number of aliphatic carboxylic acids is 1. The summed E-state index contributed by atoms with van der Waals surface area (Å²) in [5.41, 5.74) is 0.992. The lowest BCUT2D eigenvalue weighted by molar-refractivity contribution is -0.131. The van der Waals surface area contributed by atoms with Gasteiger partial charge in [-0.25, -0.2) is 4.79 Å². The third-order valence-corrected chi connectivity index (χ3v) is 1.75. The molecule has 0 heterocycles. The molecule has 0 saturated carbocycles. The molecule has 0 aliphatic heterocycles. The van der Waals surface area contributed by atoms with Gasteiger partial charge in [0.25, 0.3) is 0 Å². The van der Waals surface area contributed by atoms with E-state index < -0.39 is 5.97 Å². The maximum atomic E-state index is 10.2. The predicted octanol–water partition coefficient (Wildman–Crippen LogP) is 2.35. The molecule has 1 aromatic rings. The molecule has 0 saturated heterocycles. The SMILES string of the molecule is COc1ccc(/C=C/C=C\C(=O)O)cc1. The van der Waals surface area contributed by atoms with Crippen molar-refractivity contribution in [3.8, 4) is 5.75 Å². The highest BCUT2D eigenvalue weighted by molar-refractivity contribution is 5.80. The van der Waals surface area contributed by atoms with Crippen molar-refractivity contribution in [1.29, 1.82) is 0 Å². The van der Waals surface area contributed by atoms with E-state index in [0.29, 0.717) is 0 Å². The van der Waals surface area contributed by atoms with Crippen molar-refractivity contribution in [2.75, 3.05) is 7.11 Å². The van der Waals surface area contributed by atoms with Crippen LogP contribution in [0.25, 0.3) is 6.08 Å². The quantitative estimate of drug-likeness (QED) is 0.605. The molecule has 1 N–H and O–H groups in total. The van der Waals surface area contributed by atoms with Crippen LogP contribution < -0.4 is 4.74 Å². The number of carboxylic acids is 1. The molecular weight excluding hydrogens is 192 g/mol. The molecular formula is C12H12O3. The maximum absolute atomic E-state index is 10.2. The molecule has 1 aromatic carbocycles. The Labute approximate surface area is 88.3 Å². The van der Waals surface area contributed by atoms with Crippen LogP contribution in [0.5, 0.6) is 5.75 Å². The molecule has 0 radical (unpaired) electrons. The fourth-order valence-electron chi connectivity index (χ4n) is 1.02.